The lowest BCUT2D eigenvalue weighted by Crippen LogP contribution is -2.49. The largest absolute Gasteiger partial charge is 0.355 e. The van der Waals surface area contributed by atoms with Crippen molar-refractivity contribution in [3.05, 3.63) is 120 Å². The summed E-state index contributed by atoms with van der Waals surface area (Å²) in [6.45, 7) is 0.858. The van der Waals surface area contributed by atoms with Gasteiger partial charge < -0.3 is 36.1 Å². The normalized spacial score (nSPS) is 19.9. The molecule has 6 amide bonds. The summed E-state index contributed by atoms with van der Waals surface area (Å²) >= 11 is 0. The monoisotopic (exact) mass is 903 g/mol. The predicted octanol–water partition coefficient (Wildman–Crippen LogP) is 8.57. The number of hydrogen-bond donors (Lipinski definition) is 5. The highest BCUT2D eigenvalue weighted by Gasteiger charge is 2.41. The number of carbonyl (C=O) groups excluding carboxylic acids is 6. The Hall–Kier alpha value is -6.76. The molecule has 4 aliphatic rings. The molecule has 4 fully saturated rings. The van der Waals surface area contributed by atoms with Gasteiger partial charge in [0.1, 0.15) is 24.2 Å². The number of rotatable bonds is 13. The van der Waals surface area contributed by atoms with E-state index in [0.29, 0.717) is 61.3 Å². The molecule has 0 spiro atoms. The summed E-state index contributed by atoms with van der Waals surface area (Å²) in [6, 6.07) is 30.6. The number of anilines is 2. The van der Waals surface area contributed by atoms with E-state index in [0.717, 1.165) is 86.4 Å². The van der Waals surface area contributed by atoms with E-state index in [9.17, 15) is 28.8 Å². The Balaban J connectivity index is 0.829. The van der Waals surface area contributed by atoms with Crippen molar-refractivity contribution < 1.29 is 28.8 Å². The third kappa shape index (κ3) is 10.5. The number of benzene rings is 4. The number of aromatic nitrogens is 1. The molecule has 5 N–H and O–H groups in total. The first-order valence-electron chi connectivity index (χ1n) is 24.4. The number of hydrogen-bond acceptors (Lipinski definition) is 6. The van der Waals surface area contributed by atoms with Crippen molar-refractivity contribution in [2.45, 2.75) is 114 Å². The minimum atomic E-state index is -0.873. The van der Waals surface area contributed by atoms with Crippen LogP contribution in [0.3, 0.4) is 0 Å². The standard InChI is InChI=1S/C54H61N7O6/c62-49(38-19-9-3-10-20-38)58-47(36-15-5-1-6-16-36)53(66)60-31-13-23-45(60)51(64)55-41-27-25-35(26-28-41)44-34-40-33-42(29-30-43(40)57-44)56-52(65)46-24-14-32-61(46)54(67)48(37-17-7-2-8-18-37)59-50(63)39-21-11-4-12-22-39/h1-2,5-8,15-18,25-30,33-34,38-39,45-48,57H,3-4,9-14,19-24,31-32H2,(H,55,64)(H,56,65)(H,58,62)(H,59,63)/t45-,46-,47+,48+/m0/s1. The van der Waals surface area contributed by atoms with Crippen LogP contribution in [0, 0.1) is 11.8 Å². The van der Waals surface area contributed by atoms with E-state index in [1.54, 1.807) is 9.80 Å². The third-order valence-electron chi connectivity index (χ3n) is 14.3. The summed E-state index contributed by atoms with van der Waals surface area (Å²) in [6.07, 6.45) is 12.0. The molecule has 0 radical (unpaired) electrons. The van der Waals surface area contributed by atoms with Gasteiger partial charge in [-0.05, 0) is 104 Å². The first-order valence-corrected chi connectivity index (χ1v) is 24.4. The van der Waals surface area contributed by atoms with Crippen LogP contribution in [0.15, 0.2) is 109 Å². The molecule has 4 aromatic carbocycles. The molecule has 67 heavy (non-hydrogen) atoms. The number of H-pyrrole nitrogens is 1. The van der Waals surface area contributed by atoms with Crippen LogP contribution in [0.2, 0.25) is 0 Å². The van der Waals surface area contributed by atoms with Crippen LogP contribution in [0.1, 0.15) is 113 Å². The van der Waals surface area contributed by atoms with E-state index >= 15 is 0 Å². The Kier molecular flexibility index (Phi) is 14.1. The van der Waals surface area contributed by atoms with Gasteiger partial charge in [0.25, 0.3) is 0 Å². The molecule has 4 atom stereocenters. The number of aromatic amines is 1. The molecule has 1 aromatic heterocycles. The van der Waals surface area contributed by atoms with E-state index in [-0.39, 0.29) is 47.3 Å². The lowest BCUT2D eigenvalue weighted by atomic mass is 9.88. The number of nitrogens with one attached hydrogen (secondary N) is 5. The highest BCUT2D eigenvalue weighted by Crippen LogP contribution is 2.32. The second-order valence-electron chi connectivity index (χ2n) is 18.8. The molecule has 2 saturated heterocycles. The second kappa shape index (κ2) is 20.8. The topological polar surface area (TPSA) is 173 Å². The summed E-state index contributed by atoms with van der Waals surface area (Å²) in [7, 11) is 0. The van der Waals surface area contributed by atoms with Crippen LogP contribution in [0.4, 0.5) is 11.4 Å². The zero-order chi connectivity index (χ0) is 46.3. The lowest BCUT2D eigenvalue weighted by molar-refractivity contribution is -0.141. The number of fused-ring (bicyclic) bond motifs is 1. The number of amides is 6. The fourth-order valence-electron chi connectivity index (χ4n) is 10.6. The molecule has 5 aromatic rings. The molecule has 348 valence electrons. The summed E-state index contributed by atoms with van der Waals surface area (Å²) in [5.41, 5.74) is 5.21. The highest BCUT2D eigenvalue weighted by molar-refractivity contribution is 6.01. The summed E-state index contributed by atoms with van der Waals surface area (Å²) < 4.78 is 0. The number of likely N-dealkylation sites (tertiary alicyclic amines) is 2. The maximum absolute atomic E-state index is 14.2. The molecule has 2 aliphatic carbocycles. The Morgan fingerprint density at radius 3 is 1.43 bits per heavy atom. The maximum atomic E-state index is 14.2. The average molecular weight is 904 g/mol. The molecule has 13 heteroatoms. The van der Waals surface area contributed by atoms with Crippen molar-refractivity contribution in [2.75, 3.05) is 23.7 Å². The highest BCUT2D eigenvalue weighted by atomic mass is 16.2. The summed E-state index contributed by atoms with van der Waals surface area (Å²) in [5.74, 6) is -1.51. The maximum Gasteiger partial charge on any atom is 0.250 e. The van der Waals surface area contributed by atoms with Gasteiger partial charge in [-0.1, -0.05) is 111 Å². The van der Waals surface area contributed by atoms with Gasteiger partial charge in [-0.15, -0.1) is 0 Å². The molecular weight excluding hydrogens is 843 g/mol. The second-order valence-corrected chi connectivity index (χ2v) is 18.8. The predicted molar refractivity (Wildman–Crippen MR) is 258 cm³/mol. The molecule has 9 rings (SSSR count). The van der Waals surface area contributed by atoms with Crippen molar-refractivity contribution in [1.29, 1.82) is 0 Å². The molecule has 3 heterocycles. The van der Waals surface area contributed by atoms with Crippen molar-refractivity contribution in [1.82, 2.24) is 25.4 Å². The van der Waals surface area contributed by atoms with Crippen molar-refractivity contribution in [2.24, 2.45) is 11.8 Å². The Morgan fingerprint density at radius 1 is 0.478 bits per heavy atom. The van der Waals surface area contributed by atoms with Crippen LogP contribution in [0.5, 0.6) is 0 Å². The summed E-state index contributed by atoms with van der Waals surface area (Å²) in [4.78, 5) is 89.6. The molecular formula is C54H61N7O6. The van der Waals surface area contributed by atoms with Gasteiger partial charge >= 0.3 is 0 Å². The first-order chi connectivity index (χ1) is 32.7. The average Bonchev–Trinajstić information content (AvgIpc) is 4.17. The van der Waals surface area contributed by atoms with E-state index < -0.39 is 24.2 Å². The lowest BCUT2D eigenvalue weighted by Gasteiger charge is -2.30. The van der Waals surface area contributed by atoms with E-state index in [1.807, 2.05) is 109 Å². The van der Waals surface area contributed by atoms with Crippen molar-refractivity contribution in [3.63, 3.8) is 0 Å². The number of carbonyl (C=O) groups is 6. The van der Waals surface area contributed by atoms with Gasteiger partial charge in [0.05, 0.1) is 0 Å². The van der Waals surface area contributed by atoms with Gasteiger partial charge in [-0.2, -0.15) is 0 Å². The quantitative estimate of drug-likeness (QED) is 0.0792. The fourth-order valence-corrected chi connectivity index (χ4v) is 10.6. The third-order valence-corrected chi connectivity index (χ3v) is 14.3. The van der Waals surface area contributed by atoms with Gasteiger partial charge in [0.2, 0.25) is 35.4 Å². The van der Waals surface area contributed by atoms with Crippen LogP contribution >= 0.6 is 0 Å². The van der Waals surface area contributed by atoms with Crippen LogP contribution in [0.25, 0.3) is 22.2 Å². The first kappa shape index (κ1) is 45.4. The SMILES string of the molecule is O=C(N[C@@H](C(=O)N1CCC[C@H]1C(=O)Nc1ccc(-c2cc3cc(NC(=O)[C@@H]4CCCN4C(=O)[C@H](NC(=O)C4CCCCC4)c4ccccc4)ccc3[nH]2)cc1)c1ccccc1)C1CCCCC1. The molecule has 2 saturated carbocycles. The van der Waals surface area contributed by atoms with E-state index in [2.05, 4.69) is 26.3 Å². The van der Waals surface area contributed by atoms with Gasteiger partial charge in [-0.3, -0.25) is 28.8 Å². The number of nitrogens with zero attached hydrogens (tertiary/aromatic N) is 2. The minimum Gasteiger partial charge on any atom is -0.355 e. The molecule has 13 nitrogen and oxygen atoms in total. The van der Waals surface area contributed by atoms with E-state index in [1.165, 1.54) is 0 Å². The van der Waals surface area contributed by atoms with Crippen molar-refractivity contribution in [3.8, 4) is 11.3 Å². The Morgan fingerprint density at radius 2 is 0.940 bits per heavy atom. The zero-order valence-corrected chi connectivity index (χ0v) is 38.0. The Labute approximate surface area is 391 Å². The fraction of sp³-hybridized carbons (Fsp3) is 0.407. The zero-order valence-electron chi connectivity index (χ0n) is 38.0. The van der Waals surface area contributed by atoms with Gasteiger partial charge in [0.15, 0.2) is 0 Å². The minimum absolute atomic E-state index is 0.101. The van der Waals surface area contributed by atoms with Crippen LogP contribution in [-0.4, -0.2) is 75.4 Å². The van der Waals surface area contributed by atoms with Crippen LogP contribution in [-0.2, 0) is 28.8 Å². The molecule has 0 unspecified atom stereocenters. The van der Waals surface area contributed by atoms with Gasteiger partial charge in [-0.25, -0.2) is 0 Å². The van der Waals surface area contributed by atoms with Gasteiger partial charge in [0, 0.05) is 52.9 Å². The van der Waals surface area contributed by atoms with Crippen LogP contribution < -0.4 is 21.3 Å². The smallest absolute Gasteiger partial charge is 0.250 e. The molecule has 2 aliphatic heterocycles. The summed E-state index contributed by atoms with van der Waals surface area (Å²) in [5, 5.41) is 13.1. The van der Waals surface area contributed by atoms with E-state index in [4.69, 9.17) is 0 Å². The Bertz CT molecular complexity index is 2570. The molecule has 0 bridgehead atoms. The van der Waals surface area contributed by atoms with Crippen molar-refractivity contribution >= 4 is 57.7 Å².